The molecular formula is C11H15BrO7. The summed E-state index contributed by atoms with van der Waals surface area (Å²) in [6.45, 7) is 2.47. The predicted octanol–water partition coefficient (Wildman–Crippen LogP) is 0.533. The molecule has 7 nitrogen and oxygen atoms in total. The maximum atomic E-state index is 11.5. The number of ether oxygens (including phenoxy) is 4. The zero-order chi connectivity index (χ0) is 14.6. The highest BCUT2D eigenvalue weighted by Gasteiger charge is 2.44. The van der Waals surface area contributed by atoms with Crippen molar-refractivity contribution < 1.29 is 33.3 Å². The fraction of sp³-hybridized carbons (Fsp3) is 0.727. The van der Waals surface area contributed by atoms with Crippen molar-refractivity contribution in [2.45, 2.75) is 43.6 Å². The maximum absolute atomic E-state index is 11.5. The highest BCUT2D eigenvalue weighted by molar-refractivity contribution is 9.09. The van der Waals surface area contributed by atoms with Crippen molar-refractivity contribution in [3.05, 3.63) is 0 Å². The average molecular weight is 339 g/mol. The van der Waals surface area contributed by atoms with Crippen LogP contribution < -0.4 is 0 Å². The van der Waals surface area contributed by atoms with Gasteiger partial charge in [0.15, 0.2) is 17.2 Å². The van der Waals surface area contributed by atoms with Gasteiger partial charge in [-0.25, -0.2) is 4.79 Å². The van der Waals surface area contributed by atoms with Gasteiger partial charge in [0, 0.05) is 20.3 Å². The number of rotatable bonds is 3. The standard InChI is InChI=1S/C11H15BrO7/c1-5(13)17-7-4-8(11(15)16-3)19-10(12)9(7)18-6(2)14/h7-10H,4H2,1-3H3/t7-,8-,9-,10-/m0/s1. The largest absolute Gasteiger partial charge is 0.467 e. The quantitative estimate of drug-likeness (QED) is 0.421. The van der Waals surface area contributed by atoms with Crippen molar-refractivity contribution >= 4 is 33.8 Å². The topological polar surface area (TPSA) is 88.1 Å². The molecule has 8 heteroatoms. The fourth-order valence-corrected chi connectivity index (χ4v) is 2.45. The Kier molecular flexibility index (Phi) is 5.74. The summed E-state index contributed by atoms with van der Waals surface area (Å²) < 4.78 is 20.0. The van der Waals surface area contributed by atoms with Crippen LogP contribution in [0.2, 0.25) is 0 Å². The molecule has 1 heterocycles. The van der Waals surface area contributed by atoms with Crippen LogP contribution in [0.15, 0.2) is 0 Å². The molecule has 1 rings (SSSR count). The highest BCUT2D eigenvalue weighted by atomic mass is 79.9. The van der Waals surface area contributed by atoms with Gasteiger partial charge in [-0.15, -0.1) is 0 Å². The monoisotopic (exact) mass is 338 g/mol. The number of hydrogen-bond donors (Lipinski definition) is 0. The lowest BCUT2D eigenvalue weighted by Gasteiger charge is -2.37. The van der Waals surface area contributed by atoms with Gasteiger partial charge in [-0.05, 0) is 0 Å². The molecule has 108 valence electrons. The highest BCUT2D eigenvalue weighted by Crippen LogP contribution is 2.29. The summed E-state index contributed by atoms with van der Waals surface area (Å²) >= 11 is 3.15. The minimum atomic E-state index is -0.884. The summed E-state index contributed by atoms with van der Waals surface area (Å²) in [7, 11) is 1.23. The van der Waals surface area contributed by atoms with Crippen LogP contribution in [0.25, 0.3) is 0 Å². The van der Waals surface area contributed by atoms with Gasteiger partial charge < -0.3 is 18.9 Å². The molecule has 0 aromatic carbocycles. The fourth-order valence-electron chi connectivity index (χ4n) is 1.74. The molecule has 0 N–H and O–H groups in total. The lowest BCUT2D eigenvalue weighted by molar-refractivity contribution is -0.198. The minimum absolute atomic E-state index is 0.0618. The molecular weight excluding hydrogens is 324 g/mol. The van der Waals surface area contributed by atoms with E-state index in [0.29, 0.717) is 0 Å². The Bertz CT molecular complexity index is 370. The first-order chi connectivity index (χ1) is 8.85. The molecule has 0 aromatic rings. The Labute approximate surface area is 118 Å². The first-order valence-corrected chi connectivity index (χ1v) is 6.48. The normalized spacial score (nSPS) is 30.3. The van der Waals surface area contributed by atoms with Gasteiger partial charge in [-0.3, -0.25) is 9.59 Å². The van der Waals surface area contributed by atoms with E-state index >= 15 is 0 Å². The number of methoxy groups -OCH3 is 1. The van der Waals surface area contributed by atoms with Crippen molar-refractivity contribution in [2.75, 3.05) is 7.11 Å². The van der Waals surface area contributed by atoms with E-state index in [1.165, 1.54) is 21.0 Å². The zero-order valence-corrected chi connectivity index (χ0v) is 12.3. The van der Waals surface area contributed by atoms with E-state index in [-0.39, 0.29) is 6.42 Å². The van der Waals surface area contributed by atoms with Crippen LogP contribution in [0.5, 0.6) is 0 Å². The van der Waals surface area contributed by atoms with Crippen molar-refractivity contribution in [3.63, 3.8) is 0 Å². The number of halogens is 1. The minimum Gasteiger partial charge on any atom is -0.467 e. The third-order valence-electron chi connectivity index (χ3n) is 2.45. The van der Waals surface area contributed by atoms with E-state index in [4.69, 9.17) is 14.2 Å². The molecule has 1 aliphatic heterocycles. The van der Waals surface area contributed by atoms with Gasteiger partial charge in [-0.2, -0.15) is 0 Å². The van der Waals surface area contributed by atoms with Crippen LogP contribution in [0.1, 0.15) is 20.3 Å². The van der Waals surface area contributed by atoms with Gasteiger partial charge in [-0.1, -0.05) is 15.9 Å². The first kappa shape index (κ1) is 15.9. The van der Waals surface area contributed by atoms with Crippen molar-refractivity contribution in [1.82, 2.24) is 0 Å². The molecule has 0 aromatic heterocycles. The molecule has 0 spiro atoms. The van der Waals surface area contributed by atoms with Crippen LogP contribution in [0, 0.1) is 0 Å². The molecule has 4 atom stereocenters. The van der Waals surface area contributed by atoms with Gasteiger partial charge in [0.25, 0.3) is 0 Å². The average Bonchev–Trinajstić information content (AvgIpc) is 2.31. The van der Waals surface area contributed by atoms with Gasteiger partial charge in [0.1, 0.15) is 6.10 Å². The summed E-state index contributed by atoms with van der Waals surface area (Å²) in [4.78, 5) is 33.5. The molecule has 0 radical (unpaired) electrons. The van der Waals surface area contributed by atoms with E-state index in [0.717, 1.165) is 0 Å². The summed E-state index contributed by atoms with van der Waals surface area (Å²) in [6, 6.07) is 0. The van der Waals surface area contributed by atoms with Crippen LogP contribution in [0.4, 0.5) is 0 Å². The molecule has 1 fully saturated rings. The van der Waals surface area contributed by atoms with E-state index < -0.39 is 41.2 Å². The van der Waals surface area contributed by atoms with Gasteiger partial charge in [0.05, 0.1) is 7.11 Å². The Morgan fingerprint density at radius 3 is 2.21 bits per heavy atom. The number of hydrogen-bond acceptors (Lipinski definition) is 7. The van der Waals surface area contributed by atoms with Crippen molar-refractivity contribution in [3.8, 4) is 0 Å². The van der Waals surface area contributed by atoms with Gasteiger partial charge in [0.2, 0.25) is 0 Å². The molecule has 1 aliphatic rings. The first-order valence-electron chi connectivity index (χ1n) is 5.57. The lowest BCUT2D eigenvalue weighted by Crippen LogP contribution is -2.51. The number of alkyl halides is 1. The van der Waals surface area contributed by atoms with Crippen molar-refractivity contribution in [1.29, 1.82) is 0 Å². The van der Waals surface area contributed by atoms with E-state index in [1.807, 2.05) is 0 Å². The Morgan fingerprint density at radius 1 is 1.16 bits per heavy atom. The number of carbonyl (C=O) groups is 3. The Morgan fingerprint density at radius 2 is 1.74 bits per heavy atom. The van der Waals surface area contributed by atoms with Crippen molar-refractivity contribution in [2.24, 2.45) is 0 Å². The van der Waals surface area contributed by atoms with Crippen LogP contribution in [-0.4, -0.2) is 48.3 Å². The van der Waals surface area contributed by atoms with Gasteiger partial charge >= 0.3 is 17.9 Å². The van der Waals surface area contributed by atoms with Crippen LogP contribution in [0.3, 0.4) is 0 Å². The lowest BCUT2D eigenvalue weighted by atomic mass is 10.0. The summed E-state index contributed by atoms with van der Waals surface area (Å²) in [5.74, 6) is -1.65. The van der Waals surface area contributed by atoms with Crippen LogP contribution >= 0.6 is 15.9 Å². The maximum Gasteiger partial charge on any atom is 0.335 e. The molecule has 0 saturated carbocycles. The van der Waals surface area contributed by atoms with E-state index in [2.05, 4.69) is 20.7 Å². The number of carbonyl (C=O) groups excluding carboxylic acids is 3. The molecule has 0 amide bonds. The smallest absolute Gasteiger partial charge is 0.335 e. The summed E-state index contributed by atoms with van der Waals surface area (Å²) in [5, 5.41) is -0.765. The zero-order valence-electron chi connectivity index (χ0n) is 10.8. The van der Waals surface area contributed by atoms with E-state index in [9.17, 15) is 14.4 Å². The van der Waals surface area contributed by atoms with E-state index in [1.54, 1.807) is 0 Å². The third kappa shape index (κ3) is 4.46. The Balaban J connectivity index is 2.83. The molecule has 0 bridgehead atoms. The molecule has 1 saturated heterocycles. The summed E-state index contributed by atoms with van der Waals surface area (Å²) in [5.41, 5.74) is 0. The molecule has 0 aliphatic carbocycles. The molecule has 0 unspecified atom stereocenters. The second-order valence-electron chi connectivity index (χ2n) is 3.96. The number of esters is 3. The third-order valence-corrected chi connectivity index (χ3v) is 3.19. The Hall–Kier alpha value is -1.15. The molecule has 19 heavy (non-hydrogen) atoms. The SMILES string of the molecule is COC(=O)[C@@H]1C[C@H](OC(C)=O)[C@H](OC(C)=O)[C@@H](Br)O1. The second-order valence-corrected chi connectivity index (χ2v) is 4.86. The summed E-state index contributed by atoms with van der Waals surface area (Å²) in [6.07, 6.45) is -2.41. The second kappa shape index (κ2) is 6.85. The van der Waals surface area contributed by atoms with Crippen LogP contribution in [-0.2, 0) is 33.3 Å². The predicted molar refractivity (Wildman–Crippen MR) is 65.3 cm³/mol.